The van der Waals surface area contributed by atoms with Gasteiger partial charge in [0.2, 0.25) is 5.91 Å². The van der Waals surface area contributed by atoms with Gasteiger partial charge in [0.1, 0.15) is 5.75 Å². The Bertz CT molecular complexity index is 877. The molecule has 29 heavy (non-hydrogen) atoms. The third kappa shape index (κ3) is 7.23. The molecule has 0 aliphatic carbocycles. The van der Waals surface area contributed by atoms with E-state index in [4.69, 9.17) is 21.1 Å². The van der Waals surface area contributed by atoms with Crippen molar-refractivity contribution in [2.75, 3.05) is 19.0 Å². The maximum Gasteiger partial charge on any atom is 0.310 e. The highest BCUT2D eigenvalue weighted by molar-refractivity contribution is 6.30. The van der Waals surface area contributed by atoms with Crippen LogP contribution in [0.2, 0.25) is 5.02 Å². The lowest BCUT2D eigenvalue weighted by molar-refractivity contribution is -0.141. The van der Waals surface area contributed by atoms with Crippen LogP contribution in [-0.2, 0) is 20.7 Å². The summed E-state index contributed by atoms with van der Waals surface area (Å²) in [6, 6.07) is 11.4. The van der Waals surface area contributed by atoms with Crippen molar-refractivity contribution in [1.82, 2.24) is 0 Å². The van der Waals surface area contributed by atoms with Gasteiger partial charge in [-0.25, -0.2) is 0 Å². The molecule has 0 atom stereocenters. The van der Waals surface area contributed by atoms with Crippen LogP contribution in [0.1, 0.15) is 36.2 Å². The lowest BCUT2D eigenvalue weighted by Gasteiger charge is -2.10. The lowest BCUT2D eigenvalue weighted by Crippen LogP contribution is -2.16. The summed E-state index contributed by atoms with van der Waals surface area (Å²) >= 11 is 5.95. The molecule has 0 aromatic heterocycles. The number of benzene rings is 2. The third-order valence-corrected chi connectivity index (χ3v) is 4.26. The predicted octanol–water partition coefficient (Wildman–Crippen LogP) is 4.30. The Morgan fingerprint density at radius 1 is 1.07 bits per heavy atom. The number of ether oxygens (including phenoxy) is 2. The summed E-state index contributed by atoms with van der Waals surface area (Å²) in [4.78, 5) is 36.1. The van der Waals surface area contributed by atoms with Crippen molar-refractivity contribution < 1.29 is 23.9 Å². The van der Waals surface area contributed by atoms with E-state index in [9.17, 15) is 14.4 Å². The molecular weight excluding hydrogens is 394 g/mol. The minimum Gasteiger partial charge on any atom is -0.496 e. The van der Waals surface area contributed by atoms with Crippen LogP contribution in [0.4, 0.5) is 5.69 Å². The maximum atomic E-state index is 12.2. The number of carbonyl (C=O) groups excluding carboxylic acids is 3. The summed E-state index contributed by atoms with van der Waals surface area (Å²) in [6.07, 6.45) is 0.367. The van der Waals surface area contributed by atoms with E-state index in [-0.39, 0.29) is 30.6 Å². The van der Waals surface area contributed by atoms with Crippen molar-refractivity contribution in [3.63, 3.8) is 0 Å². The molecule has 7 heteroatoms. The number of amides is 1. The van der Waals surface area contributed by atoms with Gasteiger partial charge in [0.25, 0.3) is 0 Å². The van der Waals surface area contributed by atoms with Crippen LogP contribution in [0.5, 0.6) is 5.75 Å². The highest BCUT2D eigenvalue weighted by Gasteiger charge is 2.14. The monoisotopic (exact) mass is 417 g/mol. The predicted molar refractivity (Wildman–Crippen MR) is 112 cm³/mol. The van der Waals surface area contributed by atoms with Gasteiger partial charge < -0.3 is 14.8 Å². The first-order valence-electron chi connectivity index (χ1n) is 9.19. The molecule has 0 bridgehead atoms. The number of carbonyl (C=O) groups is 3. The number of esters is 1. The molecule has 0 saturated heterocycles. The minimum atomic E-state index is -0.559. The van der Waals surface area contributed by atoms with Crippen molar-refractivity contribution in [3.8, 4) is 5.75 Å². The molecule has 0 aliphatic heterocycles. The van der Waals surface area contributed by atoms with Gasteiger partial charge >= 0.3 is 5.97 Å². The molecule has 2 aromatic rings. The Labute approximate surface area is 175 Å². The van der Waals surface area contributed by atoms with Gasteiger partial charge in [-0.3, -0.25) is 14.4 Å². The second-order valence-corrected chi connectivity index (χ2v) is 7.38. The molecule has 1 amide bonds. The largest absolute Gasteiger partial charge is 0.496 e. The number of ketones is 1. The smallest absolute Gasteiger partial charge is 0.310 e. The van der Waals surface area contributed by atoms with Gasteiger partial charge in [-0.2, -0.15) is 0 Å². The summed E-state index contributed by atoms with van der Waals surface area (Å²) < 4.78 is 10.3. The normalized spacial score (nSPS) is 10.5. The van der Waals surface area contributed by atoms with E-state index in [0.717, 1.165) is 0 Å². The Hall–Kier alpha value is -2.86. The first kappa shape index (κ1) is 22.4. The summed E-state index contributed by atoms with van der Waals surface area (Å²) in [7, 11) is 1.50. The van der Waals surface area contributed by atoms with E-state index in [1.807, 2.05) is 13.8 Å². The highest BCUT2D eigenvalue weighted by atomic mass is 35.5. The molecule has 6 nitrogen and oxygen atoms in total. The molecule has 2 rings (SSSR count). The van der Waals surface area contributed by atoms with Crippen molar-refractivity contribution in [1.29, 1.82) is 0 Å². The van der Waals surface area contributed by atoms with Gasteiger partial charge in [0, 0.05) is 28.3 Å². The van der Waals surface area contributed by atoms with Gasteiger partial charge in [-0.1, -0.05) is 25.4 Å². The third-order valence-electron chi connectivity index (χ3n) is 4.03. The second kappa shape index (κ2) is 10.6. The molecule has 154 valence electrons. The first-order valence-corrected chi connectivity index (χ1v) is 9.57. The van der Waals surface area contributed by atoms with Gasteiger partial charge in [0.15, 0.2) is 12.4 Å². The van der Waals surface area contributed by atoms with Crippen LogP contribution in [-0.4, -0.2) is 31.4 Å². The summed E-state index contributed by atoms with van der Waals surface area (Å²) in [5.74, 6) is -0.192. The zero-order chi connectivity index (χ0) is 21.4. The number of hydrogen-bond donors (Lipinski definition) is 1. The van der Waals surface area contributed by atoms with Crippen LogP contribution >= 0.6 is 11.6 Å². The van der Waals surface area contributed by atoms with E-state index in [0.29, 0.717) is 34.0 Å². The van der Waals surface area contributed by atoms with E-state index in [2.05, 4.69) is 5.32 Å². The Balaban J connectivity index is 1.88. The first-order chi connectivity index (χ1) is 13.8. The fourth-order valence-electron chi connectivity index (χ4n) is 2.64. The molecule has 0 saturated carbocycles. The standard InChI is InChI=1S/C22H24ClNO5/c1-14(2)10-21(26)24-18-7-4-15(5-8-18)19(25)13-29-22(27)12-16-11-17(23)6-9-20(16)28-3/h4-9,11,14H,10,12-13H2,1-3H3,(H,24,26). The zero-order valence-electron chi connectivity index (χ0n) is 16.7. The number of rotatable bonds is 9. The highest BCUT2D eigenvalue weighted by Crippen LogP contribution is 2.23. The Kier molecular flexibility index (Phi) is 8.21. The Morgan fingerprint density at radius 2 is 1.76 bits per heavy atom. The molecular formula is C22H24ClNO5. The molecule has 0 aliphatic rings. The Morgan fingerprint density at radius 3 is 2.38 bits per heavy atom. The second-order valence-electron chi connectivity index (χ2n) is 6.94. The van der Waals surface area contributed by atoms with Crippen LogP contribution in [0, 0.1) is 5.92 Å². The van der Waals surface area contributed by atoms with Gasteiger partial charge in [-0.05, 0) is 48.4 Å². The van der Waals surface area contributed by atoms with Crippen molar-refractivity contribution >= 4 is 34.9 Å². The van der Waals surface area contributed by atoms with Crippen LogP contribution < -0.4 is 10.1 Å². The quantitative estimate of drug-likeness (QED) is 0.486. The average Bonchev–Trinajstić information content (AvgIpc) is 2.66. The summed E-state index contributed by atoms with van der Waals surface area (Å²) in [5, 5.41) is 3.25. The average molecular weight is 418 g/mol. The van der Waals surface area contributed by atoms with Gasteiger partial charge in [-0.15, -0.1) is 0 Å². The van der Waals surface area contributed by atoms with Crippen LogP contribution in [0.3, 0.4) is 0 Å². The zero-order valence-corrected chi connectivity index (χ0v) is 17.4. The lowest BCUT2D eigenvalue weighted by atomic mass is 10.1. The molecule has 0 heterocycles. The summed E-state index contributed by atoms with van der Waals surface area (Å²) in [5.41, 5.74) is 1.58. The van der Waals surface area contributed by atoms with Crippen molar-refractivity contribution in [2.24, 2.45) is 5.92 Å². The maximum absolute atomic E-state index is 12.2. The number of nitrogens with one attached hydrogen (secondary N) is 1. The molecule has 0 fully saturated rings. The number of hydrogen-bond acceptors (Lipinski definition) is 5. The number of methoxy groups -OCH3 is 1. The van der Waals surface area contributed by atoms with E-state index in [1.54, 1.807) is 42.5 Å². The molecule has 2 aromatic carbocycles. The van der Waals surface area contributed by atoms with E-state index >= 15 is 0 Å². The SMILES string of the molecule is COc1ccc(Cl)cc1CC(=O)OCC(=O)c1ccc(NC(=O)CC(C)C)cc1. The van der Waals surface area contributed by atoms with Crippen molar-refractivity contribution in [3.05, 3.63) is 58.6 Å². The summed E-state index contributed by atoms with van der Waals surface area (Å²) in [6.45, 7) is 3.55. The fourth-order valence-corrected chi connectivity index (χ4v) is 2.84. The van der Waals surface area contributed by atoms with Crippen molar-refractivity contribution in [2.45, 2.75) is 26.7 Å². The number of halogens is 1. The molecule has 1 N–H and O–H groups in total. The molecule has 0 radical (unpaired) electrons. The minimum absolute atomic E-state index is 0.0577. The van der Waals surface area contributed by atoms with E-state index in [1.165, 1.54) is 7.11 Å². The van der Waals surface area contributed by atoms with Crippen LogP contribution in [0.25, 0.3) is 0 Å². The van der Waals surface area contributed by atoms with Gasteiger partial charge in [0.05, 0.1) is 13.5 Å². The topological polar surface area (TPSA) is 81.7 Å². The van der Waals surface area contributed by atoms with E-state index < -0.39 is 5.97 Å². The molecule has 0 unspecified atom stereocenters. The van der Waals surface area contributed by atoms with Crippen LogP contribution in [0.15, 0.2) is 42.5 Å². The number of anilines is 1. The fraction of sp³-hybridized carbons (Fsp3) is 0.318. The number of Topliss-reactive ketones (excluding diaryl/α,β-unsaturated/α-hetero) is 1. The molecule has 0 spiro atoms.